The molecule has 6 nitrogen and oxygen atoms in total. The second-order valence-electron chi connectivity index (χ2n) is 5.41. The third kappa shape index (κ3) is 2.67. The lowest BCUT2D eigenvalue weighted by atomic mass is 10.1. The molecule has 2 aromatic rings. The van der Waals surface area contributed by atoms with Crippen LogP contribution in [0.4, 0.5) is 5.69 Å². The molecule has 1 N–H and O–H groups in total. The van der Waals surface area contributed by atoms with Crippen LogP contribution in [0.2, 0.25) is 0 Å². The molecule has 1 aromatic carbocycles. The van der Waals surface area contributed by atoms with E-state index in [0.29, 0.717) is 12.6 Å². The summed E-state index contributed by atoms with van der Waals surface area (Å²) in [6.45, 7) is 3.45. The number of nitrogens with zero attached hydrogens (tertiary/aromatic N) is 3. The number of hydrogen-bond acceptors (Lipinski definition) is 4. The van der Waals surface area contributed by atoms with E-state index in [0.717, 1.165) is 29.8 Å². The van der Waals surface area contributed by atoms with E-state index in [1.807, 2.05) is 12.3 Å². The minimum absolute atomic E-state index is 0.174. The van der Waals surface area contributed by atoms with Gasteiger partial charge in [0.05, 0.1) is 16.9 Å². The summed E-state index contributed by atoms with van der Waals surface area (Å²) in [7, 11) is 0. The molecule has 0 amide bonds. The minimum atomic E-state index is -0.327. The fraction of sp³-hybridized carbons (Fsp3) is 0.400. The lowest BCUT2D eigenvalue weighted by Gasteiger charge is -2.15. The molecule has 6 heteroatoms. The first-order chi connectivity index (χ1) is 10.2. The topological polar surface area (TPSA) is 73.0 Å². The van der Waals surface area contributed by atoms with Crippen LogP contribution in [-0.4, -0.2) is 21.0 Å². The van der Waals surface area contributed by atoms with Crippen molar-refractivity contribution in [2.45, 2.75) is 32.4 Å². The van der Waals surface area contributed by atoms with Crippen molar-refractivity contribution in [3.63, 3.8) is 0 Å². The van der Waals surface area contributed by atoms with Crippen LogP contribution in [0.1, 0.15) is 35.7 Å². The zero-order chi connectivity index (χ0) is 14.8. The number of rotatable bonds is 4. The van der Waals surface area contributed by atoms with Gasteiger partial charge in [0.15, 0.2) is 0 Å². The van der Waals surface area contributed by atoms with Crippen molar-refractivity contribution < 1.29 is 4.92 Å². The number of aromatic nitrogens is 2. The Hall–Kier alpha value is -2.21. The standard InChI is InChI=1S/C15H18N4O2/c1-11-12(4-2-6-14(11)19(20)21)9-18-10-16-8-15(18)13-5-3-7-17-13/h2,4,6,8,10,13,17H,3,5,7,9H2,1H3. The van der Waals surface area contributed by atoms with Crippen molar-refractivity contribution in [2.75, 3.05) is 6.54 Å². The van der Waals surface area contributed by atoms with Crippen LogP contribution in [0.5, 0.6) is 0 Å². The van der Waals surface area contributed by atoms with E-state index in [-0.39, 0.29) is 10.6 Å². The summed E-state index contributed by atoms with van der Waals surface area (Å²) >= 11 is 0. The Kier molecular flexibility index (Phi) is 3.70. The fourth-order valence-corrected chi connectivity index (χ4v) is 2.91. The largest absolute Gasteiger partial charge is 0.329 e. The van der Waals surface area contributed by atoms with Gasteiger partial charge in [-0.05, 0) is 31.9 Å². The van der Waals surface area contributed by atoms with Gasteiger partial charge in [0.25, 0.3) is 5.69 Å². The third-order valence-corrected chi connectivity index (χ3v) is 4.12. The maximum atomic E-state index is 11.0. The maximum absolute atomic E-state index is 11.0. The molecule has 110 valence electrons. The molecule has 3 rings (SSSR count). The molecule has 0 radical (unpaired) electrons. The van der Waals surface area contributed by atoms with Crippen LogP contribution in [0.3, 0.4) is 0 Å². The second-order valence-corrected chi connectivity index (χ2v) is 5.41. The lowest BCUT2D eigenvalue weighted by Crippen LogP contribution is -2.17. The Labute approximate surface area is 123 Å². The van der Waals surface area contributed by atoms with Crippen molar-refractivity contribution in [3.8, 4) is 0 Å². The molecule has 0 spiro atoms. The molecular formula is C15H18N4O2. The van der Waals surface area contributed by atoms with Crippen LogP contribution >= 0.6 is 0 Å². The molecule has 1 aliphatic heterocycles. The molecule has 1 saturated heterocycles. The van der Waals surface area contributed by atoms with Gasteiger partial charge in [0.2, 0.25) is 0 Å². The molecule has 1 fully saturated rings. The quantitative estimate of drug-likeness (QED) is 0.692. The highest BCUT2D eigenvalue weighted by atomic mass is 16.6. The van der Waals surface area contributed by atoms with Crippen LogP contribution < -0.4 is 5.32 Å². The van der Waals surface area contributed by atoms with Gasteiger partial charge in [-0.3, -0.25) is 10.1 Å². The first-order valence-corrected chi connectivity index (χ1v) is 7.13. The summed E-state index contributed by atoms with van der Waals surface area (Å²) in [4.78, 5) is 14.9. The van der Waals surface area contributed by atoms with Gasteiger partial charge in [-0.2, -0.15) is 0 Å². The predicted molar refractivity (Wildman–Crippen MR) is 79.1 cm³/mol. The number of nitro groups is 1. The van der Waals surface area contributed by atoms with E-state index in [1.165, 1.54) is 6.42 Å². The number of hydrogen-bond donors (Lipinski definition) is 1. The van der Waals surface area contributed by atoms with Gasteiger partial charge in [-0.25, -0.2) is 4.98 Å². The summed E-state index contributed by atoms with van der Waals surface area (Å²) < 4.78 is 2.08. The van der Waals surface area contributed by atoms with Gasteiger partial charge in [-0.15, -0.1) is 0 Å². The molecular weight excluding hydrogens is 268 g/mol. The molecule has 2 heterocycles. The van der Waals surface area contributed by atoms with Gasteiger partial charge in [0.1, 0.15) is 0 Å². The molecule has 0 saturated carbocycles. The summed E-state index contributed by atoms with van der Waals surface area (Å²) in [6.07, 6.45) is 5.97. The first-order valence-electron chi connectivity index (χ1n) is 7.13. The SMILES string of the molecule is Cc1c(Cn2cncc2C2CCCN2)cccc1[N+](=O)[O-]. The van der Waals surface area contributed by atoms with E-state index in [2.05, 4.69) is 14.9 Å². The average molecular weight is 286 g/mol. The van der Waals surface area contributed by atoms with E-state index in [4.69, 9.17) is 0 Å². The molecule has 0 aliphatic carbocycles. The van der Waals surface area contributed by atoms with Crippen LogP contribution in [0.25, 0.3) is 0 Å². The van der Waals surface area contributed by atoms with Crippen molar-refractivity contribution in [2.24, 2.45) is 0 Å². The molecule has 1 aromatic heterocycles. The second kappa shape index (κ2) is 5.65. The van der Waals surface area contributed by atoms with Crippen molar-refractivity contribution in [1.82, 2.24) is 14.9 Å². The molecule has 1 unspecified atom stereocenters. The highest BCUT2D eigenvalue weighted by Crippen LogP contribution is 2.25. The van der Waals surface area contributed by atoms with E-state index < -0.39 is 0 Å². The summed E-state index contributed by atoms with van der Waals surface area (Å²) in [5.74, 6) is 0. The van der Waals surface area contributed by atoms with E-state index >= 15 is 0 Å². The third-order valence-electron chi connectivity index (χ3n) is 4.12. The highest BCUT2D eigenvalue weighted by Gasteiger charge is 2.20. The van der Waals surface area contributed by atoms with Crippen molar-refractivity contribution >= 4 is 5.69 Å². The Morgan fingerprint density at radius 2 is 2.38 bits per heavy atom. The summed E-state index contributed by atoms with van der Waals surface area (Å²) in [6, 6.07) is 5.57. The zero-order valence-corrected chi connectivity index (χ0v) is 12.0. The van der Waals surface area contributed by atoms with Crippen LogP contribution in [0.15, 0.2) is 30.7 Å². The Morgan fingerprint density at radius 1 is 1.52 bits per heavy atom. The van der Waals surface area contributed by atoms with Crippen molar-refractivity contribution in [1.29, 1.82) is 0 Å². The molecule has 21 heavy (non-hydrogen) atoms. The van der Waals surface area contributed by atoms with Crippen LogP contribution in [0, 0.1) is 17.0 Å². The number of benzene rings is 1. The van der Waals surface area contributed by atoms with Gasteiger partial charge >= 0.3 is 0 Å². The van der Waals surface area contributed by atoms with E-state index in [9.17, 15) is 10.1 Å². The Bertz CT molecular complexity index is 659. The normalized spacial score (nSPS) is 18.0. The van der Waals surface area contributed by atoms with E-state index in [1.54, 1.807) is 25.4 Å². The lowest BCUT2D eigenvalue weighted by molar-refractivity contribution is -0.385. The number of nitrogens with one attached hydrogen (secondary N) is 1. The number of imidazole rings is 1. The Balaban J connectivity index is 1.89. The predicted octanol–water partition coefficient (Wildman–Crippen LogP) is 2.57. The Morgan fingerprint density at radius 3 is 3.10 bits per heavy atom. The van der Waals surface area contributed by atoms with Gasteiger partial charge in [0, 0.05) is 30.4 Å². The average Bonchev–Trinajstić information content (AvgIpc) is 3.11. The monoisotopic (exact) mass is 286 g/mol. The van der Waals surface area contributed by atoms with Gasteiger partial charge in [-0.1, -0.05) is 12.1 Å². The molecule has 1 atom stereocenters. The molecule has 0 bridgehead atoms. The van der Waals surface area contributed by atoms with Gasteiger partial charge < -0.3 is 9.88 Å². The van der Waals surface area contributed by atoms with Crippen molar-refractivity contribution in [3.05, 3.63) is 57.7 Å². The first kappa shape index (κ1) is 13.8. The van der Waals surface area contributed by atoms with Crippen LogP contribution in [-0.2, 0) is 6.54 Å². The maximum Gasteiger partial charge on any atom is 0.272 e. The highest BCUT2D eigenvalue weighted by molar-refractivity contribution is 5.44. The fourth-order valence-electron chi connectivity index (χ4n) is 2.91. The smallest absolute Gasteiger partial charge is 0.272 e. The zero-order valence-electron chi connectivity index (χ0n) is 12.0. The summed E-state index contributed by atoms with van der Waals surface area (Å²) in [5.41, 5.74) is 3.01. The minimum Gasteiger partial charge on any atom is -0.329 e. The molecule has 1 aliphatic rings. The number of nitro benzene ring substituents is 1. The summed E-state index contributed by atoms with van der Waals surface area (Å²) in [5, 5.41) is 14.5.